The molecule has 0 radical (unpaired) electrons. The molecule has 0 bridgehead atoms. The summed E-state index contributed by atoms with van der Waals surface area (Å²) in [4.78, 5) is 8.30. The summed E-state index contributed by atoms with van der Waals surface area (Å²) in [6.45, 7) is 11.9. The molecule has 0 aromatic carbocycles. The van der Waals surface area contributed by atoms with Gasteiger partial charge < -0.3 is 15.1 Å². The van der Waals surface area contributed by atoms with E-state index in [1.807, 2.05) is 0 Å². The average Bonchev–Trinajstić information content (AvgIpc) is 2.90. The van der Waals surface area contributed by atoms with Crippen LogP contribution in [-0.4, -0.2) is 43.5 Å². The Morgan fingerprint density at radius 1 is 1.20 bits per heavy atom. The molecule has 2 N–H and O–H groups in total. The highest BCUT2D eigenvalue weighted by atomic mass is 127. The molecule has 9 heteroatoms. The van der Waals surface area contributed by atoms with Gasteiger partial charge in [0.25, 0.3) is 0 Å². The maximum absolute atomic E-state index is 12.1. The molecule has 25 heavy (non-hydrogen) atoms. The van der Waals surface area contributed by atoms with Gasteiger partial charge in [0.05, 0.1) is 23.2 Å². The van der Waals surface area contributed by atoms with Gasteiger partial charge in [-0.3, -0.25) is 4.99 Å². The van der Waals surface area contributed by atoms with Crippen LogP contribution in [0.5, 0.6) is 0 Å². The molecule has 0 aliphatic rings. The van der Waals surface area contributed by atoms with Crippen molar-refractivity contribution in [2.75, 3.05) is 19.3 Å². The van der Waals surface area contributed by atoms with Gasteiger partial charge in [0, 0.05) is 19.0 Å². The number of aromatic nitrogens is 1. The van der Waals surface area contributed by atoms with Crippen LogP contribution in [0.15, 0.2) is 15.6 Å². The molecule has 0 atom stereocenters. The highest BCUT2D eigenvalue weighted by Crippen LogP contribution is 2.22. The van der Waals surface area contributed by atoms with Crippen LogP contribution in [0.4, 0.5) is 0 Å². The fraction of sp³-hybridized carbons (Fsp3) is 0.750. The Kier molecular flexibility index (Phi) is 8.89. The fourth-order valence-electron chi connectivity index (χ4n) is 1.73. The van der Waals surface area contributed by atoms with Crippen molar-refractivity contribution in [2.24, 2.45) is 4.99 Å². The molecule has 0 saturated heterocycles. The zero-order valence-corrected chi connectivity index (χ0v) is 19.3. The second-order valence-electron chi connectivity index (χ2n) is 7.65. The molecule has 7 nitrogen and oxygen atoms in total. The molecule has 1 aromatic rings. The van der Waals surface area contributed by atoms with Crippen LogP contribution < -0.4 is 10.6 Å². The smallest absolute Gasteiger partial charge is 0.213 e. The fourth-order valence-corrected chi connectivity index (χ4v) is 2.71. The van der Waals surface area contributed by atoms with E-state index in [2.05, 4.69) is 41.4 Å². The minimum atomic E-state index is -3.16. The minimum Gasteiger partial charge on any atom is -0.443 e. The largest absolute Gasteiger partial charge is 0.443 e. The number of nitrogens with one attached hydrogen (secondary N) is 2. The first kappa shape index (κ1) is 24.2. The number of nitrogens with zero attached hydrogens (tertiary/aromatic N) is 2. The van der Waals surface area contributed by atoms with E-state index in [9.17, 15) is 8.42 Å². The molecule has 0 saturated carbocycles. The van der Waals surface area contributed by atoms with Crippen molar-refractivity contribution in [3.8, 4) is 0 Å². The van der Waals surface area contributed by atoms with Gasteiger partial charge in [0.1, 0.15) is 5.76 Å². The molecule has 0 amide bonds. The van der Waals surface area contributed by atoms with Crippen molar-refractivity contribution in [1.82, 2.24) is 15.6 Å². The van der Waals surface area contributed by atoms with Crippen LogP contribution in [0.3, 0.4) is 0 Å². The summed E-state index contributed by atoms with van der Waals surface area (Å²) < 4.78 is 29.1. The Morgan fingerprint density at radius 3 is 2.24 bits per heavy atom. The normalized spacial score (nSPS) is 13.3. The zero-order chi connectivity index (χ0) is 18.6. The summed E-state index contributed by atoms with van der Waals surface area (Å²) >= 11 is 0. The van der Waals surface area contributed by atoms with Gasteiger partial charge in [0.2, 0.25) is 5.89 Å². The molecule has 1 rings (SSSR count). The Balaban J connectivity index is 0.00000576. The highest BCUT2D eigenvalue weighted by molar-refractivity contribution is 14.0. The average molecular weight is 486 g/mol. The van der Waals surface area contributed by atoms with Crippen molar-refractivity contribution in [3.63, 3.8) is 0 Å². The zero-order valence-electron chi connectivity index (χ0n) is 16.1. The van der Waals surface area contributed by atoms with Crippen LogP contribution in [0.1, 0.15) is 53.2 Å². The first-order chi connectivity index (χ1) is 10.9. The molecule has 0 fully saturated rings. The molecule has 0 aliphatic carbocycles. The number of hydrogen-bond acceptors (Lipinski definition) is 5. The second kappa shape index (κ2) is 9.20. The van der Waals surface area contributed by atoms with E-state index < -0.39 is 14.6 Å². The number of aliphatic imine (C=N–C) groups is 1. The predicted molar refractivity (Wildman–Crippen MR) is 112 cm³/mol. The number of hydrogen-bond donors (Lipinski definition) is 2. The van der Waals surface area contributed by atoms with Gasteiger partial charge in [-0.05, 0) is 20.8 Å². The number of guanidine groups is 1. The van der Waals surface area contributed by atoms with Crippen molar-refractivity contribution >= 4 is 39.8 Å². The van der Waals surface area contributed by atoms with E-state index in [1.54, 1.807) is 34.0 Å². The summed E-state index contributed by atoms with van der Waals surface area (Å²) in [6, 6.07) is 0. The Hall–Kier alpha value is -0.840. The SMILES string of the molecule is CN=C(NCCS(=O)(=O)C(C)(C)C)NCc1ncc(C(C)(C)C)o1.I. The van der Waals surface area contributed by atoms with E-state index in [1.165, 1.54) is 0 Å². The standard InChI is InChI=1S/C16H30N4O3S.HI/c1-15(2,3)12-10-19-13(23-12)11-20-14(17-7)18-8-9-24(21,22)16(4,5)6;/h10H,8-9,11H2,1-7H3,(H2,17,18,20);1H. The number of rotatable bonds is 5. The molecule has 1 heterocycles. The van der Waals surface area contributed by atoms with Crippen LogP contribution in [0.2, 0.25) is 0 Å². The molecule has 0 aliphatic heterocycles. The number of sulfone groups is 1. The Labute approximate surface area is 168 Å². The van der Waals surface area contributed by atoms with E-state index in [-0.39, 0.29) is 41.7 Å². The van der Waals surface area contributed by atoms with Gasteiger partial charge in [0.15, 0.2) is 15.8 Å². The van der Waals surface area contributed by atoms with Crippen molar-refractivity contribution in [3.05, 3.63) is 17.8 Å². The summed E-state index contributed by atoms with van der Waals surface area (Å²) in [5, 5.41) is 6.06. The molecular weight excluding hydrogens is 455 g/mol. The lowest BCUT2D eigenvalue weighted by Crippen LogP contribution is -2.41. The third kappa shape index (κ3) is 7.51. The lowest BCUT2D eigenvalue weighted by atomic mass is 9.94. The molecule has 1 aromatic heterocycles. The third-order valence-corrected chi connectivity index (χ3v) is 6.13. The first-order valence-corrected chi connectivity index (χ1v) is 9.64. The summed E-state index contributed by atoms with van der Waals surface area (Å²) in [5.41, 5.74) is -0.0908. The Morgan fingerprint density at radius 2 is 1.80 bits per heavy atom. The molecule has 146 valence electrons. The lowest BCUT2D eigenvalue weighted by Gasteiger charge is -2.19. The van der Waals surface area contributed by atoms with Gasteiger partial charge in [-0.1, -0.05) is 20.8 Å². The van der Waals surface area contributed by atoms with Gasteiger partial charge in [-0.15, -0.1) is 24.0 Å². The molecule has 0 unspecified atom stereocenters. The van der Waals surface area contributed by atoms with Crippen molar-refractivity contribution in [2.45, 2.75) is 58.2 Å². The van der Waals surface area contributed by atoms with Crippen LogP contribution in [-0.2, 0) is 21.8 Å². The predicted octanol–water partition coefficient (Wildman–Crippen LogP) is 2.47. The molecular formula is C16H31IN4O3S. The van der Waals surface area contributed by atoms with E-state index in [0.717, 1.165) is 5.76 Å². The third-order valence-electron chi connectivity index (χ3n) is 3.52. The van der Waals surface area contributed by atoms with E-state index in [4.69, 9.17) is 4.42 Å². The van der Waals surface area contributed by atoms with Gasteiger partial charge in [-0.25, -0.2) is 13.4 Å². The number of oxazole rings is 1. The number of halogens is 1. The second-order valence-corrected chi connectivity index (χ2v) is 10.5. The first-order valence-electron chi connectivity index (χ1n) is 7.99. The van der Waals surface area contributed by atoms with Gasteiger partial charge in [-0.2, -0.15) is 0 Å². The Bertz CT molecular complexity index is 670. The highest BCUT2D eigenvalue weighted by Gasteiger charge is 2.28. The van der Waals surface area contributed by atoms with E-state index >= 15 is 0 Å². The topological polar surface area (TPSA) is 96.6 Å². The monoisotopic (exact) mass is 486 g/mol. The van der Waals surface area contributed by atoms with Crippen molar-refractivity contribution < 1.29 is 12.8 Å². The van der Waals surface area contributed by atoms with Crippen LogP contribution >= 0.6 is 24.0 Å². The summed E-state index contributed by atoms with van der Waals surface area (Å²) in [5.74, 6) is 1.93. The summed E-state index contributed by atoms with van der Waals surface area (Å²) in [6.07, 6.45) is 1.73. The maximum atomic E-state index is 12.1. The molecule has 0 spiro atoms. The summed E-state index contributed by atoms with van der Waals surface area (Å²) in [7, 11) is -1.53. The van der Waals surface area contributed by atoms with Crippen molar-refractivity contribution in [1.29, 1.82) is 0 Å². The quantitative estimate of drug-likeness (QED) is 0.377. The lowest BCUT2D eigenvalue weighted by molar-refractivity contribution is 0.379. The maximum Gasteiger partial charge on any atom is 0.213 e. The van der Waals surface area contributed by atoms with Crippen LogP contribution in [0, 0.1) is 0 Å². The minimum absolute atomic E-state index is 0. The van der Waals surface area contributed by atoms with Gasteiger partial charge >= 0.3 is 0 Å². The van der Waals surface area contributed by atoms with E-state index in [0.29, 0.717) is 18.4 Å². The van der Waals surface area contributed by atoms with Crippen LogP contribution in [0.25, 0.3) is 0 Å².